The standard InChI is InChI=1S/C11H14Cl3N/c1-2-15(6-5-12)8-9-7-10(13)3-4-11(9)14/h3-4,7H,2,5-6,8H2,1H3. The molecule has 0 heterocycles. The van der Waals surface area contributed by atoms with Crippen LogP contribution >= 0.6 is 34.8 Å². The molecule has 0 radical (unpaired) electrons. The second kappa shape index (κ2) is 6.59. The van der Waals surface area contributed by atoms with Crippen LogP contribution < -0.4 is 0 Å². The summed E-state index contributed by atoms with van der Waals surface area (Å²) < 4.78 is 0. The molecule has 0 spiro atoms. The summed E-state index contributed by atoms with van der Waals surface area (Å²) in [5.74, 6) is 0.631. The number of hydrogen-bond donors (Lipinski definition) is 0. The van der Waals surface area contributed by atoms with Crippen LogP contribution in [0, 0.1) is 0 Å². The SMILES string of the molecule is CCN(CCCl)Cc1cc(Cl)ccc1Cl. The molecule has 1 aromatic rings. The van der Waals surface area contributed by atoms with E-state index in [0.29, 0.717) is 5.88 Å². The van der Waals surface area contributed by atoms with Gasteiger partial charge >= 0.3 is 0 Å². The third-order valence-corrected chi connectivity index (χ3v) is 3.02. The summed E-state index contributed by atoms with van der Waals surface area (Å²) >= 11 is 17.7. The third kappa shape index (κ3) is 4.20. The molecule has 0 saturated heterocycles. The number of halogens is 3. The zero-order valence-corrected chi connectivity index (χ0v) is 10.9. The Morgan fingerprint density at radius 1 is 1.27 bits per heavy atom. The van der Waals surface area contributed by atoms with Gasteiger partial charge in [-0.05, 0) is 30.3 Å². The molecule has 0 unspecified atom stereocenters. The molecule has 0 aliphatic carbocycles. The fourth-order valence-corrected chi connectivity index (χ4v) is 1.98. The summed E-state index contributed by atoms with van der Waals surface area (Å²) in [4.78, 5) is 2.23. The van der Waals surface area contributed by atoms with Crippen LogP contribution in [0.5, 0.6) is 0 Å². The first kappa shape index (κ1) is 13.1. The van der Waals surface area contributed by atoms with E-state index in [1.807, 2.05) is 12.1 Å². The summed E-state index contributed by atoms with van der Waals surface area (Å²) in [6.07, 6.45) is 0. The van der Waals surface area contributed by atoms with E-state index in [0.717, 1.165) is 35.2 Å². The lowest BCUT2D eigenvalue weighted by Gasteiger charge is -2.19. The Labute approximate surface area is 106 Å². The minimum Gasteiger partial charge on any atom is -0.298 e. The average Bonchev–Trinajstić information content (AvgIpc) is 2.22. The van der Waals surface area contributed by atoms with Gasteiger partial charge in [-0.25, -0.2) is 0 Å². The fourth-order valence-electron chi connectivity index (χ4n) is 1.37. The average molecular weight is 267 g/mol. The molecule has 0 aromatic heterocycles. The third-order valence-electron chi connectivity index (χ3n) is 2.25. The summed E-state index contributed by atoms with van der Waals surface area (Å²) in [6.45, 7) is 4.71. The van der Waals surface area contributed by atoms with E-state index < -0.39 is 0 Å². The Balaban J connectivity index is 2.73. The van der Waals surface area contributed by atoms with E-state index in [1.165, 1.54) is 0 Å². The molecule has 0 N–H and O–H groups in total. The lowest BCUT2D eigenvalue weighted by atomic mass is 10.2. The minimum absolute atomic E-state index is 0.631. The molecular formula is C11H14Cl3N. The Bertz CT molecular complexity index is 315. The predicted molar refractivity (Wildman–Crippen MR) is 68.1 cm³/mol. The van der Waals surface area contributed by atoms with Crippen molar-refractivity contribution in [1.82, 2.24) is 4.90 Å². The zero-order valence-electron chi connectivity index (χ0n) is 8.64. The fraction of sp³-hybridized carbons (Fsp3) is 0.455. The summed E-state index contributed by atoms with van der Waals surface area (Å²) in [5, 5.41) is 1.48. The van der Waals surface area contributed by atoms with Crippen LogP contribution in [0.3, 0.4) is 0 Å². The van der Waals surface area contributed by atoms with Crippen molar-refractivity contribution in [2.24, 2.45) is 0 Å². The monoisotopic (exact) mass is 265 g/mol. The quantitative estimate of drug-likeness (QED) is 0.727. The summed E-state index contributed by atoms with van der Waals surface area (Å²) in [7, 11) is 0. The van der Waals surface area contributed by atoms with Gasteiger partial charge in [-0.2, -0.15) is 0 Å². The lowest BCUT2D eigenvalue weighted by molar-refractivity contribution is 0.298. The summed E-state index contributed by atoms with van der Waals surface area (Å²) in [6, 6.07) is 5.53. The van der Waals surface area contributed by atoms with Gasteiger partial charge in [0.25, 0.3) is 0 Å². The maximum absolute atomic E-state index is 6.08. The Morgan fingerprint density at radius 3 is 2.60 bits per heavy atom. The highest BCUT2D eigenvalue weighted by atomic mass is 35.5. The Morgan fingerprint density at radius 2 is 2.00 bits per heavy atom. The highest BCUT2D eigenvalue weighted by molar-refractivity contribution is 6.33. The van der Waals surface area contributed by atoms with Gasteiger partial charge in [-0.15, -0.1) is 11.6 Å². The molecule has 1 rings (SSSR count). The van der Waals surface area contributed by atoms with Crippen molar-refractivity contribution >= 4 is 34.8 Å². The first-order valence-corrected chi connectivity index (χ1v) is 6.18. The number of hydrogen-bond acceptors (Lipinski definition) is 1. The number of alkyl halides is 1. The molecule has 0 aliphatic heterocycles. The smallest absolute Gasteiger partial charge is 0.0452 e. The second-order valence-corrected chi connectivity index (χ2v) is 4.52. The largest absolute Gasteiger partial charge is 0.298 e. The van der Waals surface area contributed by atoms with E-state index in [-0.39, 0.29) is 0 Å². The molecule has 0 amide bonds. The van der Waals surface area contributed by atoms with Crippen molar-refractivity contribution < 1.29 is 0 Å². The Hall–Kier alpha value is 0.0500. The van der Waals surface area contributed by atoms with Crippen molar-refractivity contribution in [3.8, 4) is 0 Å². The lowest BCUT2D eigenvalue weighted by Crippen LogP contribution is -2.25. The Kier molecular flexibility index (Phi) is 5.77. The normalized spacial score (nSPS) is 11.0. The van der Waals surface area contributed by atoms with Gasteiger partial charge in [0.15, 0.2) is 0 Å². The number of nitrogens with zero attached hydrogens (tertiary/aromatic N) is 1. The molecule has 1 nitrogen and oxygen atoms in total. The number of rotatable bonds is 5. The van der Waals surface area contributed by atoms with Gasteiger partial charge in [-0.3, -0.25) is 4.90 Å². The summed E-state index contributed by atoms with van der Waals surface area (Å²) in [5.41, 5.74) is 1.05. The van der Waals surface area contributed by atoms with Gasteiger partial charge in [0, 0.05) is 29.0 Å². The maximum Gasteiger partial charge on any atom is 0.0452 e. The maximum atomic E-state index is 6.08. The molecule has 1 aromatic carbocycles. The van der Waals surface area contributed by atoms with Gasteiger partial charge in [0.1, 0.15) is 0 Å². The van der Waals surface area contributed by atoms with Crippen LogP contribution in [0.4, 0.5) is 0 Å². The van der Waals surface area contributed by atoms with Crippen LogP contribution in [-0.4, -0.2) is 23.9 Å². The molecule has 0 bridgehead atoms. The highest BCUT2D eigenvalue weighted by Gasteiger charge is 2.06. The first-order valence-electron chi connectivity index (χ1n) is 4.89. The van der Waals surface area contributed by atoms with E-state index >= 15 is 0 Å². The van der Waals surface area contributed by atoms with Gasteiger partial charge in [-0.1, -0.05) is 30.1 Å². The van der Waals surface area contributed by atoms with Crippen molar-refractivity contribution in [3.63, 3.8) is 0 Å². The first-order chi connectivity index (χ1) is 7.17. The van der Waals surface area contributed by atoms with E-state index in [9.17, 15) is 0 Å². The number of benzene rings is 1. The van der Waals surface area contributed by atoms with E-state index in [1.54, 1.807) is 6.07 Å². The highest BCUT2D eigenvalue weighted by Crippen LogP contribution is 2.21. The molecular weight excluding hydrogens is 252 g/mol. The predicted octanol–water partition coefficient (Wildman–Crippen LogP) is 4.05. The van der Waals surface area contributed by atoms with E-state index in [4.69, 9.17) is 34.8 Å². The molecule has 0 saturated carbocycles. The van der Waals surface area contributed by atoms with Crippen LogP contribution in [-0.2, 0) is 6.54 Å². The molecule has 0 aliphatic rings. The topological polar surface area (TPSA) is 3.24 Å². The molecule has 0 atom stereocenters. The molecule has 4 heteroatoms. The van der Waals surface area contributed by atoms with Gasteiger partial charge in [0.2, 0.25) is 0 Å². The van der Waals surface area contributed by atoms with E-state index in [2.05, 4.69) is 11.8 Å². The van der Waals surface area contributed by atoms with Crippen LogP contribution in [0.2, 0.25) is 10.0 Å². The molecule has 15 heavy (non-hydrogen) atoms. The van der Waals surface area contributed by atoms with Gasteiger partial charge in [0.05, 0.1) is 0 Å². The second-order valence-electron chi connectivity index (χ2n) is 3.29. The van der Waals surface area contributed by atoms with Gasteiger partial charge < -0.3 is 0 Å². The minimum atomic E-state index is 0.631. The van der Waals surface area contributed by atoms with Crippen molar-refractivity contribution in [2.45, 2.75) is 13.5 Å². The molecule has 0 fully saturated rings. The van der Waals surface area contributed by atoms with Crippen LogP contribution in [0.1, 0.15) is 12.5 Å². The molecule has 84 valence electrons. The van der Waals surface area contributed by atoms with Crippen LogP contribution in [0.25, 0.3) is 0 Å². The van der Waals surface area contributed by atoms with Crippen LogP contribution in [0.15, 0.2) is 18.2 Å². The van der Waals surface area contributed by atoms with Crippen molar-refractivity contribution in [1.29, 1.82) is 0 Å². The van der Waals surface area contributed by atoms with Crippen molar-refractivity contribution in [3.05, 3.63) is 33.8 Å². The van der Waals surface area contributed by atoms with Crippen molar-refractivity contribution in [2.75, 3.05) is 19.0 Å². The zero-order chi connectivity index (χ0) is 11.3.